The van der Waals surface area contributed by atoms with Gasteiger partial charge in [-0.25, -0.2) is 8.42 Å². The van der Waals surface area contributed by atoms with Crippen molar-refractivity contribution in [2.45, 2.75) is 24.7 Å². The molecule has 7 nitrogen and oxygen atoms in total. The Balaban J connectivity index is 1.51. The first-order valence-electron chi connectivity index (χ1n) is 10.1. The van der Waals surface area contributed by atoms with Crippen molar-refractivity contribution in [2.75, 3.05) is 17.9 Å². The van der Waals surface area contributed by atoms with Gasteiger partial charge in [0.25, 0.3) is 10.0 Å². The van der Waals surface area contributed by atoms with Crippen molar-refractivity contribution in [1.82, 2.24) is 0 Å². The number of benzene rings is 3. The van der Waals surface area contributed by atoms with Gasteiger partial charge in [-0.15, -0.1) is 0 Å². The van der Waals surface area contributed by atoms with E-state index in [1.54, 1.807) is 72.8 Å². The molecule has 8 heteroatoms. The molecule has 3 aromatic rings. The molecule has 0 radical (unpaired) electrons. The molecular weight excluding hydrogens is 430 g/mol. The number of ether oxygens (including phenoxy) is 2. The van der Waals surface area contributed by atoms with Gasteiger partial charge >= 0.3 is 5.97 Å². The summed E-state index contributed by atoms with van der Waals surface area (Å²) >= 11 is 0. The lowest BCUT2D eigenvalue weighted by Crippen LogP contribution is -2.13. The predicted octanol–water partition coefficient (Wildman–Crippen LogP) is 4.13. The number of sulfonamides is 1. The Bertz CT molecular complexity index is 1140. The van der Waals surface area contributed by atoms with Crippen LogP contribution in [0, 0.1) is 0 Å². The van der Waals surface area contributed by atoms with Crippen LogP contribution in [0.15, 0.2) is 77.7 Å². The maximum atomic E-state index is 12.5. The van der Waals surface area contributed by atoms with Gasteiger partial charge in [-0.05, 0) is 54.4 Å². The highest BCUT2D eigenvalue weighted by molar-refractivity contribution is 7.92. The van der Waals surface area contributed by atoms with E-state index in [9.17, 15) is 13.2 Å². The summed E-state index contributed by atoms with van der Waals surface area (Å²) in [6.07, 6.45) is 0.728. The quantitative estimate of drug-likeness (QED) is 0.422. The van der Waals surface area contributed by atoms with Gasteiger partial charge < -0.3 is 14.6 Å². The van der Waals surface area contributed by atoms with E-state index in [2.05, 4.69) is 4.72 Å². The molecule has 0 aromatic heterocycles. The van der Waals surface area contributed by atoms with Crippen molar-refractivity contribution in [3.8, 4) is 11.5 Å². The van der Waals surface area contributed by atoms with E-state index in [4.69, 9.17) is 14.6 Å². The number of nitrogens with one attached hydrogen (secondary N) is 1. The highest BCUT2D eigenvalue weighted by Gasteiger charge is 2.14. The first kappa shape index (κ1) is 23.1. The number of hydrogen-bond acceptors (Lipinski definition) is 5. The van der Waals surface area contributed by atoms with Crippen LogP contribution in [0.4, 0.5) is 5.69 Å². The van der Waals surface area contributed by atoms with Gasteiger partial charge in [0.1, 0.15) is 24.7 Å². The van der Waals surface area contributed by atoms with Gasteiger partial charge in [0.2, 0.25) is 0 Å². The van der Waals surface area contributed by atoms with E-state index in [-0.39, 0.29) is 24.5 Å². The monoisotopic (exact) mass is 455 g/mol. The van der Waals surface area contributed by atoms with Crippen LogP contribution in [0.3, 0.4) is 0 Å². The standard InChI is InChI=1S/C24H25NO6S/c1-2-18-7-13-22(14-8-18)32(28,29)25-20-9-11-21(12-10-20)30-15-16-31-23-6-4-3-5-19(23)17-24(26)27/h3-14,25H,2,15-17H2,1H3,(H,26,27). The second kappa shape index (κ2) is 10.7. The van der Waals surface area contributed by atoms with Gasteiger partial charge in [-0.2, -0.15) is 0 Å². The van der Waals surface area contributed by atoms with E-state index in [1.165, 1.54) is 0 Å². The minimum atomic E-state index is -3.67. The average molecular weight is 456 g/mol. The van der Waals surface area contributed by atoms with Gasteiger partial charge in [-0.1, -0.05) is 37.3 Å². The molecule has 3 rings (SSSR count). The van der Waals surface area contributed by atoms with E-state index in [0.29, 0.717) is 22.7 Å². The van der Waals surface area contributed by atoms with Gasteiger partial charge in [0.05, 0.1) is 11.3 Å². The fraction of sp³-hybridized carbons (Fsp3) is 0.208. The normalized spacial score (nSPS) is 11.0. The second-order valence-electron chi connectivity index (χ2n) is 7.00. The number of anilines is 1. The predicted molar refractivity (Wildman–Crippen MR) is 122 cm³/mol. The van der Waals surface area contributed by atoms with Crippen LogP contribution < -0.4 is 14.2 Å². The molecule has 2 N–H and O–H groups in total. The first-order chi connectivity index (χ1) is 15.4. The molecule has 0 saturated heterocycles. The van der Waals surface area contributed by atoms with Gasteiger partial charge in [-0.3, -0.25) is 9.52 Å². The summed E-state index contributed by atoms with van der Waals surface area (Å²) in [5, 5.41) is 8.97. The molecule has 0 amide bonds. The number of carboxylic acids is 1. The summed E-state index contributed by atoms with van der Waals surface area (Å²) in [6.45, 7) is 2.49. The Hall–Kier alpha value is -3.52. The summed E-state index contributed by atoms with van der Waals surface area (Å²) in [6, 6.07) is 20.3. The molecule has 0 aliphatic heterocycles. The molecule has 0 atom stereocenters. The van der Waals surface area contributed by atoms with Crippen LogP contribution in [0.1, 0.15) is 18.1 Å². The zero-order valence-electron chi connectivity index (χ0n) is 17.7. The summed E-state index contributed by atoms with van der Waals surface area (Å²) in [5.74, 6) is 0.142. The molecule has 0 unspecified atom stereocenters. The number of para-hydroxylation sites is 1. The van der Waals surface area contributed by atoms with Crippen molar-refractivity contribution >= 4 is 21.7 Å². The molecule has 0 heterocycles. The van der Waals surface area contributed by atoms with Crippen LogP contribution in [-0.2, 0) is 27.7 Å². The molecule has 3 aromatic carbocycles. The third-order valence-corrected chi connectivity index (χ3v) is 6.07. The van der Waals surface area contributed by atoms with Crippen molar-refractivity contribution in [2.24, 2.45) is 0 Å². The Morgan fingerprint density at radius 2 is 1.56 bits per heavy atom. The van der Waals surface area contributed by atoms with E-state index >= 15 is 0 Å². The fourth-order valence-corrected chi connectivity index (χ4v) is 4.06. The van der Waals surface area contributed by atoms with Crippen LogP contribution in [0.25, 0.3) is 0 Å². The van der Waals surface area contributed by atoms with Crippen molar-refractivity contribution in [3.63, 3.8) is 0 Å². The highest BCUT2D eigenvalue weighted by atomic mass is 32.2. The topological polar surface area (TPSA) is 102 Å². The molecule has 0 aliphatic rings. The fourth-order valence-electron chi connectivity index (χ4n) is 3.00. The number of carboxylic acid groups (broad SMARTS) is 1. The zero-order valence-corrected chi connectivity index (χ0v) is 18.5. The van der Waals surface area contributed by atoms with Crippen LogP contribution in [0.5, 0.6) is 11.5 Å². The molecule has 168 valence electrons. The first-order valence-corrected chi connectivity index (χ1v) is 11.6. The second-order valence-corrected chi connectivity index (χ2v) is 8.68. The lowest BCUT2D eigenvalue weighted by Gasteiger charge is -2.12. The zero-order chi connectivity index (χ0) is 23.0. The Kier molecular flexibility index (Phi) is 7.72. The third kappa shape index (κ3) is 6.49. The molecule has 0 saturated carbocycles. The number of hydrogen-bond donors (Lipinski definition) is 2. The lowest BCUT2D eigenvalue weighted by molar-refractivity contribution is -0.136. The van der Waals surface area contributed by atoms with Gasteiger partial charge in [0, 0.05) is 11.3 Å². The summed E-state index contributed by atoms with van der Waals surface area (Å²) in [4.78, 5) is 11.1. The van der Waals surface area contributed by atoms with Crippen LogP contribution >= 0.6 is 0 Å². The third-order valence-electron chi connectivity index (χ3n) is 4.67. The van der Waals surface area contributed by atoms with Crippen molar-refractivity contribution in [1.29, 1.82) is 0 Å². The number of aryl methyl sites for hydroxylation is 1. The number of carbonyl (C=O) groups is 1. The Labute approximate surface area is 187 Å². The largest absolute Gasteiger partial charge is 0.490 e. The minimum Gasteiger partial charge on any atom is -0.490 e. The molecule has 0 aliphatic carbocycles. The van der Waals surface area contributed by atoms with E-state index in [0.717, 1.165) is 12.0 Å². The summed E-state index contributed by atoms with van der Waals surface area (Å²) in [7, 11) is -3.67. The molecular formula is C24H25NO6S. The summed E-state index contributed by atoms with van der Waals surface area (Å²) in [5.41, 5.74) is 2.09. The molecule has 0 bridgehead atoms. The molecule has 32 heavy (non-hydrogen) atoms. The van der Waals surface area contributed by atoms with E-state index in [1.807, 2.05) is 6.92 Å². The van der Waals surface area contributed by atoms with Crippen LogP contribution in [-0.4, -0.2) is 32.7 Å². The smallest absolute Gasteiger partial charge is 0.307 e. The minimum absolute atomic E-state index is 0.114. The maximum absolute atomic E-state index is 12.5. The van der Waals surface area contributed by atoms with Crippen LogP contribution in [0.2, 0.25) is 0 Å². The number of aliphatic carboxylic acids is 1. The maximum Gasteiger partial charge on any atom is 0.307 e. The number of rotatable bonds is 11. The Morgan fingerprint density at radius 1 is 0.906 bits per heavy atom. The summed E-state index contributed by atoms with van der Waals surface area (Å²) < 4.78 is 38.9. The van der Waals surface area contributed by atoms with E-state index < -0.39 is 16.0 Å². The van der Waals surface area contributed by atoms with Crippen molar-refractivity contribution in [3.05, 3.63) is 83.9 Å². The lowest BCUT2D eigenvalue weighted by atomic mass is 10.1. The molecule has 0 fully saturated rings. The van der Waals surface area contributed by atoms with Crippen molar-refractivity contribution < 1.29 is 27.8 Å². The van der Waals surface area contributed by atoms with Gasteiger partial charge in [0.15, 0.2) is 0 Å². The highest BCUT2D eigenvalue weighted by Crippen LogP contribution is 2.21. The average Bonchev–Trinajstić information content (AvgIpc) is 2.78. The Morgan fingerprint density at radius 3 is 2.22 bits per heavy atom. The molecule has 0 spiro atoms. The SMILES string of the molecule is CCc1ccc(S(=O)(=O)Nc2ccc(OCCOc3ccccc3CC(=O)O)cc2)cc1.